The van der Waals surface area contributed by atoms with Gasteiger partial charge in [-0.1, -0.05) is 46.0 Å². The molecule has 0 rings (SSSR count). The molecule has 1 atom stereocenters. The molecule has 0 saturated carbocycles. The molecule has 1 N–H and O–H groups in total. The van der Waals surface area contributed by atoms with E-state index in [1.54, 1.807) is 0 Å². The minimum absolute atomic E-state index is 0.552. The van der Waals surface area contributed by atoms with E-state index in [9.17, 15) is 0 Å². The molecule has 0 bridgehead atoms. The lowest BCUT2D eigenvalue weighted by Crippen LogP contribution is -2.28. The summed E-state index contributed by atoms with van der Waals surface area (Å²) >= 11 is 0. The Morgan fingerprint density at radius 1 is 1.00 bits per heavy atom. The van der Waals surface area contributed by atoms with Gasteiger partial charge in [-0.15, -0.1) is 0 Å². The zero-order valence-corrected chi connectivity index (χ0v) is 10.1. The van der Waals surface area contributed by atoms with Crippen LogP contribution in [0.4, 0.5) is 0 Å². The van der Waals surface area contributed by atoms with Crippen molar-refractivity contribution in [2.24, 2.45) is 0 Å². The van der Waals surface area contributed by atoms with Crippen molar-refractivity contribution in [2.75, 3.05) is 6.61 Å². The van der Waals surface area contributed by atoms with Gasteiger partial charge in [0.05, 0.1) is 6.61 Å². The Morgan fingerprint density at radius 2 is 1.71 bits per heavy atom. The zero-order valence-electron chi connectivity index (χ0n) is 10.1. The van der Waals surface area contributed by atoms with Gasteiger partial charge >= 0.3 is 0 Å². The summed E-state index contributed by atoms with van der Waals surface area (Å²) in [5.74, 6) is 0. The molecule has 0 amide bonds. The average molecular weight is 201 g/mol. The van der Waals surface area contributed by atoms with Crippen LogP contribution in [0.15, 0.2) is 0 Å². The Hall–Kier alpha value is -0.0800. The van der Waals surface area contributed by atoms with Gasteiger partial charge in [-0.25, -0.2) is 0 Å². The molecule has 0 saturated heterocycles. The van der Waals surface area contributed by atoms with Crippen molar-refractivity contribution in [3.05, 3.63) is 0 Å². The van der Waals surface area contributed by atoms with Crippen LogP contribution in [0.1, 0.15) is 65.7 Å². The third kappa shape index (κ3) is 8.52. The maximum Gasteiger partial charge on any atom is 0.0654 e. The number of nitrogens with one attached hydrogen (secondary N) is 1. The van der Waals surface area contributed by atoms with Gasteiger partial charge < -0.3 is 4.84 Å². The van der Waals surface area contributed by atoms with Crippen molar-refractivity contribution in [3.8, 4) is 0 Å². The highest BCUT2D eigenvalue weighted by Crippen LogP contribution is 2.08. The Balaban J connectivity index is 3.24. The van der Waals surface area contributed by atoms with Crippen LogP contribution in [0, 0.1) is 0 Å². The molecule has 0 fully saturated rings. The van der Waals surface area contributed by atoms with Gasteiger partial charge in [-0.2, -0.15) is 5.48 Å². The molecule has 0 aromatic heterocycles. The number of unbranched alkanes of at least 4 members (excludes halogenated alkanes) is 4. The molecule has 2 nitrogen and oxygen atoms in total. The molecular formula is C12H27NO. The second-order valence-corrected chi connectivity index (χ2v) is 3.86. The van der Waals surface area contributed by atoms with Crippen LogP contribution in [0.2, 0.25) is 0 Å². The van der Waals surface area contributed by atoms with E-state index < -0.39 is 0 Å². The summed E-state index contributed by atoms with van der Waals surface area (Å²) in [6.07, 6.45) is 9.22. The highest BCUT2D eigenvalue weighted by Gasteiger charge is 2.04. The Kier molecular flexibility index (Phi) is 10.9. The number of rotatable bonds is 10. The van der Waals surface area contributed by atoms with Gasteiger partial charge in [0.1, 0.15) is 0 Å². The smallest absolute Gasteiger partial charge is 0.0654 e. The predicted octanol–water partition coefficient (Wildman–Crippen LogP) is 3.67. The van der Waals surface area contributed by atoms with Gasteiger partial charge in [-0.3, -0.25) is 0 Å². The Bertz CT molecular complexity index is 106. The zero-order chi connectivity index (χ0) is 10.6. The SMILES string of the molecule is CCCCCCCC(CC)NOCC. The van der Waals surface area contributed by atoms with Crippen LogP contribution < -0.4 is 5.48 Å². The number of hydrogen-bond donors (Lipinski definition) is 1. The maximum absolute atomic E-state index is 5.21. The maximum atomic E-state index is 5.21. The first-order valence-corrected chi connectivity index (χ1v) is 6.22. The minimum atomic E-state index is 0.552. The molecule has 0 radical (unpaired) electrons. The second kappa shape index (κ2) is 11.0. The van der Waals surface area contributed by atoms with Crippen molar-refractivity contribution >= 4 is 0 Å². The summed E-state index contributed by atoms with van der Waals surface area (Å²) in [6.45, 7) is 7.24. The van der Waals surface area contributed by atoms with Crippen LogP contribution in [0.25, 0.3) is 0 Å². The van der Waals surface area contributed by atoms with Gasteiger partial charge in [-0.05, 0) is 19.8 Å². The van der Waals surface area contributed by atoms with E-state index in [4.69, 9.17) is 4.84 Å². The van der Waals surface area contributed by atoms with E-state index in [0.29, 0.717) is 6.04 Å². The topological polar surface area (TPSA) is 21.3 Å². The van der Waals surface area contributed by atoms with E-state index in [2.05, 4.69) is 19.3 Å². The van der Waals surface area contributed by atoms with E-state index in [0.717, 1.165) is 13.0 Å². The Morgan fingerprint density at radius 3 is 2.29 bits per heavy atom. The molecule has 0 spiro atoms. The molecule has 0 aliphatic heterocycles. The van der Waals surface area contributed by atoms with E-state index in [1.807, 2.05) is 6.92 Å². The Labute approximate surface area is 89.4 Å². The summed E-state index contributed by atoms with van der Waals surface area (Å²) in [7, 11) is 0. The first-order chi connectivity index (χ1) is 6.85. The average Bonchev–Trinajstić information content (AvgIpc) is 2.22. The first kappa shape index (κ1) is 13.9. The molecule has 0 aliphatic carbocycles. The lowest BCUT2D eigenvalue weighted by molar-refractivity contribution is 0.0208. The minimum Gasteiger partial charge on any atom is -0.302 e. The van der Waals surface area contributed by atoms with Gasteiger partial charge in [0, 0.05) is 6.04 Å². The van der Waals surface area contributed by atoms with E-state index in [1.165, 1.54) is 38.5 Å². The summed E-state index contributed by atoms with van der Waals surface area (Å²) in [6, 6.07) is 0.552. The van der Waals surface area contributed by atoms with Crippen LogP contribution in [-0.2, 0) is 4.84 Å². The fourth-order valence-corrected chi connectivity index (χ4v) is 1.54. The summed E-state index contributed by atoms with van der Waals surface area (Å²) in [5, 5.41) is 0. The van der Waals surface area contributed by atoms with Crippen LogP contribution in [0.5, 0.6) is 0 Å². The van der Waals surface area contributed by atoms with Gasteiger partial charge in [0.25, 0.3) is 0 Å². The molecule has 0 aliphatic rings. The van der Waals surface area contributed by atoms with Crippen molar-refractivity contribution in [3.63, 3.8) is 0 Å². The molecular weight excluding hydrogens is 174 g/mol. The van der Waals surface area contributed by atoms with E-state index >= 15 is 0 Å². The quantitative estimate of drug-likeness (QED) is 0.430. The molecule has 1 unspecified atom stereocenters. The van der Waals surface area contributed by atoms with Crippen LogP contribution >= 0.6 is 0 Å². The monoisotopic (exact) mass is 201 g/mol. The fraction of sp³-hybridized carbons (Fsp3) is 1.00. The van der Waals surface area contributed by atoms with Gasteiger partial charge in [0.15, 0.2) is 0 Å². The summed E-state index contributed by atoms with van der Waals surface area (Å²) < 4.78 is 0. The van der Waals surface area contributed by atoms with Crippen molar-refractivity contribution in [2.45, 2.75) is 71.8 Å². The summed E-state index contributed by atoms with van der Waals surface area (Å²) in [5.41, 5.74) is 3.11. The standard InChI is InChI=1S/C12H27NO/c1-4-7-8-9-10-11-12(5-2)13-14-6-3/h12-13H,4-11H2,1-3H3. The third-order valence-electron chi connectivity index (χ3n) is 2.54. The van der Waals surface area contributed by atoms with Crippen molar-refractivity contribution in [1.29, 1.82) is 0 Å². The normalized spacial score (nSPS) is 13.1. The highest BCUT2D eigenvalue weighted by molar-refractivity contribution is 4.59. The third-order valence-corrected chi connectivity index (χ3v) is 2.54. The van der Waals surface area contributed by atoms with Crippen molar-refractivity contribution in [1.82, 2.24) is 5.48 Å². The fourth-order valence-electron chi connectivity index (χ4n) is 1.54. The lowest BCUT2D eigenvalue weighted by Gasteiger charge is -2.15. The van der Waals surface area contributed by atoms with Crippen LogP contribution in [0.3, 0.4) is 0 Å². The largest absolute Gasteiger partial charge is 0.302 e. The molecule has 2 heteroatoms. The molecule has 0 aromatic carbocycles. The van der Waals surface area contributed by atoms with Crippen LogP contribution in [-0.4, -0.2) is 12.6 Å². The predicted molar refractivity (Wildman–Crippen MR) is 62.2 cm³/mol. The second-order valence-electron chi connectivity index (χ2n) is 3.86. The molecule has 0 aromatic rings. The molecule has 0 heterocycles. The highest BCUT2D eigenvalue weighted by atomic mass is 16.6. The molecule has 14 heavy (non-hydrogen) atoms. The lowest BCUT2D eigenvalue weighted by atomic mass is 10.1. The number of hydroxylamine groups is 1. The first-order valence-electron chi connectivity index (χ1n) is 6.22. The van der Waals surface area contributed by atoms with E-state index in [-0.39, 0.29) is 0 Å². The van der Waals surface area contributed by atoms with Gasteiger partial charge in [0.2, 0.25) is 0 Å². The van der Waals surface area contributed by atoms with Crippen molar-refractivity contribution < 1.29 is 4.84 Å². The number of hydrogen-bond acceptors (Lipinski definition) is 2. The summed E-state index contributed by atoms with van der Waals surface area (Å²) in [4.78, 5) is 5.21. The molecule has 86 valence electrons.